The van der Waals surface area contributed by atoms with Gasteiger partial charge in [-0.15, -0.1) is 0 Å². The zero-order chi connectivity index (χ0) is 8.48. The second-order valence-electron chi connectivity index (χ2n) is 4.59. The Labute approximate surface area is 70.6 Å². The van der Waals surface area contributed by atoms with E-state index in [1.165, 1.54) is 19.4 Å². The lowest BCUT2D eigenvalue weighted by Gasteiger charge is -2.24. The molecule has 0 bridgehead atoms. The monoisotopic (exact) mass is 155 g/mol. The summed E-state index contributed by atoms with van der Waals surface area (Å²) in [6.45, 7) is 10.4. The molecular weight excluding hydrogens is 134 g/mol. The molecule has 0 aliphatic heterocycles. The fourth-order valence-electron chi connectivity index (χ4n) is 1.22. The molecule has 1 fully saturated rings. The lowest BCUT2D eigenvalue weighted by molar-refractivity contribution is 0.366. The lowest BCUT2D eigenvalue weighted by Crippen LogP contribution is -2.39. The molecule has 0 aromatic rings. The minimum atomic E-state index is 0.350. The van der Waals surface area contributed by atoms with E-state index in [-0.39, 0.29) is 0 Å². The van der Waals surface area contributed by atoms with Crippen molar-refractivity contribution >= 4 is 0 Å². The second kappa shape index (κ2) is 3.14. The highest BCUT2D eigenvalue weighted by Gasteiger charge is 2.33. The largest absolute Gasteiger partial charge is 0.312 e. The van der Waals surface area contributed by atoms with E-state index in [0.29, 0.717) is 5.54 Å². The molecule has 1 saturated carbocycles. The molecule has 2 atom stereocenters. The van der Waals surface area contributed by atoms with Crippen LogP contribution < -0.4 is 5.32 Å². The van der Waals surface area contributed by atoms with Crippen molar-refractivity contribution in [2.75, 3.05) is 6.54 Å². The van der Waals surface area contributed by atoms with E-state index < -0.39 is 0 Å². The molecule has 0 amide bonds. The van der Waals surface area contributed by atoms with Crippen molar-refractivity contribution < 1.29 is 0 Å². The van der Waals surface area contributed by atoms with Crippen LogP contribution in [0, 0.1) is 11.8 Å². The van der Waals surface area contributed by atoms with Crippen molar-refractivity contribution in [3.8, 4) is 0 Å². The molecule has 1 aliphatic rings. The summed E-state index contributed by atoms with van der Waals surface area (Å²) in [4.78, 5) is 0. The molecule has 1 rings (SSSR count). The number of rotatable bonds is 4. The molecule has 0 saturated heterocycles. The Kier molecular flexibility index (Phi) is 2.58. The van der Waals surface area contributed by atoms with Crippen LogP contribution >= 0.6 is 0 Å². The Bertz CT molecular complexity index is 129. The fraction of sp³-hybridized carbons (Fsp3) is 1.00. The molecule has 1 heteroatoms. The van der Waals surface area contributed by atoms with Crippen LogP contribution in [-0.2, 0) is 0 Å². The first-order valence-electron chi connectivity index (χ1n) is 4.80. The van der Waals surface area contributed by atoms with Gasteiger partial charge >= 0.3 is 0 Å². The summed E-state index contributed by atoms with van der Waals surface area (Å²) < 4.78 is 0. The van der Waals surface area contributed by atoms with Gasteiger partial charge in [-0.05, 0) is 45.1 Å². The van der Waals surface area contributed by atoms with Crippen LogP contribution in [0.4, 0.5) is 0 Å². The highest BCUT2D eigenvalue weighted by molar-refractivity contribution is 4.87. The molecule has 1 N–H and O–H groups in total. The zero-order valence-corrected chi connectivity index (χ0v) is 8.28. The maximum atomic E-state index is 3.60. The summed E-state index contributed by atoms with van der Waals surface area (Å²) in [5.41, 5.74) is 0.350. The fourth-order valence-corrected chi connectivity index (χ4v) is 1.22. The van der Waals surface area contributed by atoms with E-state index in [2.05, 4.69) is 33.0 Å². The van der Waals surface area contributed by atoms with Crippen LogP contribution in [0.3, 0.4) is 0 Å². The van der Waals surface area contributed by atoms with E-state index in [0.717, 1.165) is 11.8 Å². The average molecular weight is 155 g/mol. The standard InChI is InChI=1S/C10H21N/c1-5-10(3,4)11-7-9-6-8(9)2/h8-9,11H,5-7H2,1-4H3. The molecular formula is C10H21N. The third-order valence-electron chi connectivity index (χ3n) is 3.00. The van der Waals surface area contributed by atoms with Crippen LogP contribution in [0.5, 0.6) is 0 Å². The van der Waals surface area contributed by atoms with Crippen LogP contribution in [0.25, 0.3) is 0 Å². The maximum Gasteiger partial charge on any atom is 0.0122 e. The maximum absolute atomic E-state index is 3.60. The molecule has 1 nitrogen and oxygen atoms in total. The van der Waals surface area contributed by atoms with E-state index in [1.54, 1.807) is 0 Å². The predicted molar refractivity (Wildman–Crippen MR) is 49.6 cm³/mol. The predicted octanol–water partition coefficient (Wildman–Crippen LogP) is 2.42. The van der Waals surface area contributed by atoms with Gasteiger partial charge in [-0.2, -0.15) is 0 Å². The Morgan fingerprint density at radius 2 is 2.00 bits per heavy atom. The average Bonchev–Trinajstić information content (AvgIpc) is 2.63. The Morgan fingerprint density at radius 3 is 2.36 bits per heavy atom. The van der Waals surface area contributed by atoms with E-state index >= 15 is 0 Å². The van der Waals surface area contributed by atoms with Crippen molar-refractivity contribution in [2.45, 2.75) is 46.1 Å². The van der Waals surface area contributed by atoms with Crippen LogP contribution in [0.2, 0.25) is 0 Å². The number of hydrogen-bond donors (Lipinski definition) is 1. The van der Waals surface area contributed by atoms with Gasteiger partial charge in [0.1, 0.15) is 0 Å². The quantitative estimate of drug-likeness (QED) is 0.657. The first kappa shape index (κ1) is 9.05. The first-order valence-corrected chi connectivity index (χ1v) is 4.80. The molecule has 0 heterocycles. The summed E-state index contributed by atoms with van der Waals surface area (Å²) in [5.74, 6) is 1.95. The van der Waals surface area contributed by atoms with Crippen molar-refractivity contribution in [1.82, 2.24) is 5.32 Å². The molecule has 66 valence electrons. The molecule has 0 radical (unpaired) electrons. The number of nitrogens with one attached hydrogen (secondary N) is 1. The van der Waals surface area contributed by atoms with E-state index in [4.69, 9.17) is 0 Å². The Balaban J connectivity index is 2.11. The Morgan fingerprint density at radius 1 is 1.45 bits per heavy atom. The molecule has 2 unspecified atom stereocenters. The SMILES string of the molecule is CCC(C)(C)NCC1CC1C. The highest BCUT2D eigenvalue weighted by Crippen LogP contribution is 2.37. The van der Waals surface area contributed by atoms with Gasteiger partial charge < -0.3 is 5.32 Å². The first-order chi connectivity index (χ1) is 5.05. The van der Waals surface area contributed by atoms with E-state index in [1.807, 2.05) is 0 Å². The third-order valence-corrected chi connectivity index (χ3v) is 3.00. The van der Waals surface area contributed by atoms with Gasteiger partial charge in [0.25, 0.3) is 0 Å². The summed E-state index contributed by atoms with van der Waals surface area (Å²) in [6.07, 6.45) is 2.65. The molecule has 0 aromatic heterocycles. The Hall–Kier alpha value is -0.0400. The topological polar surface area (TPSA) is 12.0 Å². The molecule has 0 aromatic carbocycles. The van der Waals surface area contributed by atoms with Gasteiger partial charge in [0, 0.05) is 5.54 Å². The summed E-state index contributed by atoms with van der Waals surface area (Å²) in [5, 5.41) is 3.60. The minimum absolute atomic E-state index is 0.350. The summed E-state index contributed by atoms with van der Waals surface area (Å²) in [7, 11) is 0. The molecule has 1 aliphatic carbocycles. The van der Waals surface area contributed by atoms with Crippen LogP contribution in [0.15, 0.2) is 0 Å². The van der Waals surface area contributed by atoms with Gasteiger partial charge in [-0.3, -0.25) is 0 Å². The van der Waals surface area contributed by atoms with Crippen molar-refractivity contribution in [2.24, 2.45) is 11.8 Å². The molecule has 0 spiro atoms. The molecule has 11 heavy (non-hydrogen) atoms. The van der Waals surface area contributed by atoms with Gasteiger partial charge in [-0.25, -0.2) is 0 Å². The number of hydrogen-bond acceptors (Lipinski definition) is 1. The van der Waals surface area contributed by atoms with Gasteiger partial charge in [-0.1, -0.05) is 13.8 Å². The van der Waals surface area contributed by atoms with Gasteiger partial charge in [0.2, 0.25) is 0 Å². The van der Waals surface area contributed by atoms with Crippen molar-refractivity contribution in [1.29, 1.82) is 0 Å². The smallest absolute Gasteiger partial charge is 0.0122 e. The van der Waals surface area contributed by atoms with Crippen LogP contribution in [-0.4, -0.2) is 12.1 Å². The normalized spacial score (nSPS) is 30.5. The highest BCUT2D eigenvalue weighted by atomic mass is 15.0. The summed E-state index contributed by atoms with van der Waals surface area (Å²) in [6, 6.07) is 0. The third kappa shape index (κ3) is 2.82. The zero-order valence-electron chi connectivity index (χ0n) is 8.28. The second-order valence-corrected chi connectivity index (χ2v) is 4.59. The van der Waals surface area contributed by atoms with E-state index in [9.17, 15) is 0 Å². The van der Waals surface area contributed by atoms with Gasteiger partial charge in [0.05, 0.1) is 0 Å². The minimum Gasteiger partial charge on any atom is -0.312 e. The van der Waals surface area contributed by atoms with Crippen LogP contribution in [0.1, 0.15) is 40.5 Å². The van der Waals surface area contributed by atoms with Gasteiger partial charge in [0.15, 0.2) is 0 Å². The lowest BCUT2D eigenvalue weighted by atomic mass is 10.0. The summed E-state index contributed by atoms with van der Waals surface area (Å²) >= 11 is 0. The van der Waals surface area contributed by atoms with Crippen molar-refractivity contribution in [3.05, 3.63) is 0 Å². The van der Waals surface area contributed by atoms with Crippen molar-refractivity contribution in [3.63, 3.8) is 0 Å².